The molecule has 1 atom stereocenters. The predicted octanol–water partition coefficient (Wildman–Crippen LogP) is 2.50. The van der Waals surface area contributed by atoms with Crippen molar-refractivity contribution in [2.24, 2.45) is 0 Å². The lowest BCUT2D eigenvalue weighted by Gasteiger charge is -2.14. The second kappa shape index (κ2) is 7.55. The highest BCUT2D eigenvalue weighted by Crippen LogP contribution is 2.30. The summed E-state index contributed by atoms with van der Waals surface area (Å²) in [6.07, 6.45) is -4.00. The Kier molecular flexibility index (Phi) is 5.29. The van der Waals surface area contributed by atoms with Crippen molar-refractivity contribution in [2.45, 2.75) is 6.18 Å². The first-order valence-electron chi connectivity index (χ1n) is 7.26. The first-order chi connectivity index (χ1) is 13.6. The number of nitrogens with one attached hydrogen (secondary N) is 4. The molecule has 4 N–H and O–H groups in total. The van der Waals surface area contributed by atoms with Crippen LogP contribution in [0.4, 0.5) is 43.9 Å². The van der Waals surface area contributed by atoms with Crippen LogP contribution in [0.15, 0.2) is 18.5 Å². The minimum absolute atomic E-state index is 0.381. The molecule has 0 aliphatic carbocycles. The highest BCUT2D eigenvalue weighted by molar-refractivity contribution is 7.80. The second-order valence-corrected chi connectivity index (χ2v) is 5.88. The number of hydrogen-bond donors (Lipinski definition) is 4. The van der Waals surface area contributed by atoms with Gasteiger partial charge in [0.15, 0.2) is 17.3 Å². The molecule has 29 heavy (non-hydrogen) atoms. The number of amides is 2. The normalized spacial score (nSPS) is 12.6. The zero-order valence-corrected chi connectivity index (χ0v) is 14.4. The number of hydrogen-bond acceptors (Lipinski definition) is 6. The molecule has 3 aromatic rings. The van der Waals surface area contributed by atoms with Gasteiger partial charge >= 0.3 is 12.2 Å². The second-order valence-electron chi connectivity index (χ2n) is 5.20. The van der Waals surface area contributed by atoms with Crippen LogP contribution < -0.4 is 15.4 Å². The van der Waals surface area contributed by atoms with Crippen molar-refractivity contribution < 1.29 is 35.5 Å². The number of rotatable bonds is 4. The van der Waals surface area contributed by atoms with Gasteiger partial charge in [0, 0.05) is 11.3 Å². The molecule has 0 aliphatic rings. The van der Waals surface area contributed by atoms with E-state index in [9.17, 15) is 35.5 Å². The lowest BCUT2D eigenvalue weighted by atomic mass is 10.2. The summed E-state index contributed by atoms with van der Waals surface area (Å²) >= 11 is -2.92. The largest absolute Gasteiger partial charge is 0.755 e. The number of halogens is 5. The molecule has 2 aromatic heterocycles. The van der Waals surface area contributed by atoms with Crippen LogP contribution in [0.2, 0.25) is 0 Å². The van der Waals surface area contributed by atoms with E-state index in [-0.39, 0.29) is 5.52 Å². The van der Waals surface area contributed by atoms with Gasteiger partial charge in [-0.25, -0.2) is 28.5 Å². The van der Waals surface area contributed by atoms with E-state index in [1.807, 2.05) is 10.3 Å². The molecule has 2 heterocycles. The number of alkyl halides is 3. The molecular formula is C13H7F5N7O3S-. The molecule has 10 nitrogen and oxygen atoms in total. The van der Waals surface area contributed by atoms with E-state index in [4.69, 9.17) is 0 Å². The van der Waals surface area contributed by atoms with E-state index in [2.05, 4.69) is 15.0 Å². The summed E-state index contributed by atoms with van der Waals surface area (Å²) in [5, 5.41) is 3.78. The number of nitrogens with zero attached hydrogens (tertiary/aromatic N) is 3. The standard InChI is InChI=1S/C13H8F5N7O3S/c14-4-1-2-5(25-29(27)28)6(15)7(4)22-12(26)24-10-8-9(19-3-20-10)23-11(21-8)13(16,17)18/h1-3,25H,(H,27,28)(H3,19,20,21,22,23,24,26)/p-1. The van der Waals surface area contributed by atoms with Gasteiger partial charge in [-0.1, -0.05) is 0 Å². The third kappa shape index (κ3) is 4.37. The average Bonchev–Trinajstić information content (AvgIpc) is 3.07. The van der Waals surface area contributed by atoms with E-state index in [1.54, 1.807) is 10.0 Å². The molecule has 16 heteroatoms. The van der Waals surface area contributed by atoms with Crippen molar-refractivity contribution >= 4 is 45.7 Å². The predicted molar refractivity (Wildman–Crippen MR) is 88.2 cm³/mol. The lowest BCUT2D eigenvalue weighted by molar-refractivity contribution is -0.144. The van der Waals surface area contributed by atoms with E-state index < -0.39 is 63.8 Å². The molecule has 0 spiro atoms. The highest BCUT2D eigenvalue weighted by atomic mass is 32.2. The van der Waals surface area contributed by atoms with Gasteiger partial charge in [-0.2, -0.15) is 13.2 Å². The van der Waals surface area contributed by atoms with Gasteiger partial charge in [0.25, 0.3) is 0 Å². The van der Waals surface area contributed by atoms with Crippen LogP contribution in [0.5, 0.6) is 0 Å². The molecule has 2 amide bonds. The lowest BCUT2D eigenvalue weighted by Crippen LogP contribution is -2.22. The fraction of sp³-hybridized carbons (Fsp3) is 0.0769. The van der Waals surface area contributed by atoms with Gasteiger partial charge < -0.3 is 19.6 Å². The van der Waals surface area contributed by atoms with E-state index in [0.29, 0.717) is 6.07 Å². The quantitative estimate of drug-likeness (QED) is 0.365. The first kappa shape index (κ1) is 20.3. The number of aromatic nitrogens is 4. The monoisotopic (exact) mass is 436 g/mol. The summed E-state index contributed by atoms with van der Waals surface area (Å²) in [7, 11) is 0. The fourth-order valence-corrected chi connectivity index (χ4v) is 2.48. The minimum atomic E-state index is -4.82. The molecule has 0 radical (unpaired) electrons. The molecule has 3 rings (SSSR count). The Morgan fingerprint density at radius 2 is 1.90 bits per heavy atom. The third-order valence-corrected chi connectivity index (χ3v) is 3.70. The van der Waals surface area contributed by atoms with Crippen molar-refractivity contribution in [3.63, 3.8) is 0 Å². The topological polar surface area (TPSA) is 148 Å². The van der Waals surface area contributed by atoms with Gasteiger partial charge in [-0.15, -0.1) is 0 Å². The summed E-state index contributed by atoms with van der Waals surface area (Å²) in [5.74, 6) is -4.52. The Morgan fingerprint density at radius 1 is 1.17 bits per heavy atom. The Balaban J connectivity index is 1.87. The smallest absolute Gasteiger partial charge is 0.449 e. The zero-order valence-electron chi connectivity index (χ0n) is 13.6. The van der Waals surface area contributed by atoms with Gasteiger partial charge in [0.2, 0.25) is 5.82 Å². The number of urea groups is 1. The maximum Gasteiger partial charge on any atom is 0.449 e. The molecule has 0 fully saturated rings. The molecular weight excluding hydrogens is 429 g/mol. The Hall–Kier alpha value is -3.40. The number of carbonyl (C=O) groups is 1. The molecule has 154 valence electrons. The average molecular weight is 436 g/mol. The van der Waals surface area contributed by atoms with Gasteiger partial charge in [-0.05, 0) is 12.1 Å². The molecule has 1 unspecified atom stereocenters. The molecule has 0 bridgehead atoms. The van der Waals surface area contributed by atoms with Crippen LogP contribution in [-0.4, -0.2) is 34.7 Å². The van der Waals surface area contributed by atoms with Gasteiger partial charge in [0.05, 0.1) is 5.69 Å². The molecule has 0 aliphatic heterocycles. The maximum absolute atomic E-state index is 14.2. The number of fused-ring (bicyclic) bond motifs is 1. The number of H-pyrrole nitrogens is 1. The van der Waals surface area contributed by atoms with E-state index in [0.717, 1.165) is 12.4 Å². The van der Waals surface area contributed by atoms with Gasteiger partial charge in [-0.3, -0.25) is 9.53 Å². The van der Waals surface area contributed by atoms with Crippen LogP contribution in [0.3, 0.4) is 0 Å². The fourth-order valence-electron chi connectivity index (χ4n) is 2.15. The van der Waals surface area contributed by atoms with Crippen molar-refractivity contribution in [2.75, 3.05) is 15.4 Å². The van der Waals surface area contributed by atoms with E-state index in [1.165, 1.54) is 0 Å². The molecule has 1 aromatic carbocycles. The zero-order chi connectivity index (χ0) is 21.3. The van der Waals surface area contributed by atoms with Crippen LogP contribution in [0.25, 0.3) is 11.2 Å². The van der Waals surface area contributed by atoms with Gasteiger partial charge in [0.1, 0.15) is 23.3 Å². The van der Waals surface area contributed by atoms with Crippen molar-refractivity contribution in [1.29, 1.82) is 0 Å². The molecule has 0 saturated carbocycles. The van der Waals surface area contributed by atoms with Crippen molar-refractivity contribution in [3.8, 4) is 0 Å². The first-order valence-corrected chi connectivity index (χ1v) is 8.33. The number of aromatic amines is 1. The summed E-state index contributed by atoms with van der Waals surface area (Å²) in [5.41, 5.74) is -2.45. The Morgan fingerprint density at radius 3 is 2.55 bits per heavy atom. The Bertz CT molecular complexity index is 1120. The van der Waals surface area contributed by atoms with Crippen LogP contribution in [-0.2, 0) is 17.4 Å². The van der Waals surface area contributed by atoms with Crippen LogP contribution >= 0.6 is 0 Å². The number of anilines is 3. The summed E-state index contributed by atoms with van der Waals surface area (Å²) in [6, 6.07) is 0.175. The Labute approximate surface area is 159 Å². The number of imidazole rings is 1. The SMILES string of the molecule is O=C(Nc1c(F)ccc(NS(=O)[O-])c1F)Nc1ncnc2nc(C(F)(F)F)[nH]c12. The summed E-state index contributed by atoms with van der Waals surface area (Å²) in [4.78, 5) is 24.3. The van der Waals surface area contributed by atoms with Crippen molar-refractivity contribution in [3.05, 3.63) is 35.9 Å². The van der Waals surface area contributed by atoms with Crippen LogP contribution in [0.1, 0.15) is 5.82 Å². The summed E-state index contributed by atoms with van der Waals surface area (Å²) < 4.78 is 89.1. The maximum atomic E-state index is 14.2. The highest BCUT2D eigenvalue weighted by Gasteiger charge is 2.35. The summed E-state index contributed by atoms with van der Waals surface area (Å²) in [6.45, 7) is 0. The van der Waals surface area contributed by atoms with Crippen LogP contribution in [0, 0.1) is 11.6 Å². The minimum Gasteiger partial charge on any atom is -0.755 e. The number of benzene rings is 1. The van der Waals surface area contributed by atoms with Crippen molar-refractivity contribution in [1.82, 2.24) is 19.9 Å². The number of carbonyl (C=O) groups excluding carboxylic acids is 1. The molecule has 0 saturated heterocycles. The van der Waals surface area contributed by atoms with E-state index >= 15 is 0 Å². The third-order valence-electron chi connectivity index (χ3n) is 3.31.